The van der Waals surface area contributed by atoms with Crippen molar-refractivity contribution in [3.63, 3.8) is 0 Å². The van der Waals surface area contributed by atoms with E-state index in [0.717, 1.165) is 18.2 Å². The molecular weight excluding hydrogens is 272 g/mol. The van der Waals surface area contributed by atoms with Gasteiger partial charge in [0, 0.05) is 12.0 Å². The summed E-state index contributed by atoms with van der Waals surface area (Å²) in [5, 5.41) is 9.94. The van der Waals surface area contributed by atoms with Gasteiger partial charge in [0.15, 0.2) is 0 Å². The van der Waals surface area contributed by atoms with Crippen LogP contribution in [-0.4, -0.2) is 5.11 Å². The average Bonchev–Trinajstić information content (AvgIpc) is 2.43. The van der Waals surface area contributed by atoms with Gasteiger partial charge in [0.25, 0.3) is 6.43 Å². The van der Waals surface area contributed by atoms with E-state index in [9.17, 15) is 22.7 Å². The van der Waals surface area contributed by atoms with Gasteiger partial charge in [0.1, 0.15) is 11.6 Å². The molecule has 1 unspecified atom stereocenters. The van der Waals surface area contributed by atoms with Crippen molar-refractivity contribution in [1.29, 1.82) is 0 Å². The molecule has 0 spiro atoms. The zero-order chi connectivity index (χ0) is 14.7. The van der Waals surface area contributed by atoms with E-state index in [4.69, 9.17) is 0 Å². The maximum absolute atomic E-state index is 13.4. The van der Waals surface area contributed by atoms with Gasteiger partial charge in [-0.1, -0.05) is 24.3 Å². The molecule has 0 aromatic heterocycles. The lowest BCUT2D eigenvalue weighted by atomic mass is 10.00. The fourth-order valence-electron chi connectivity index (χ4n) is 1.89. The SMILES string of the molecule is OC(Cc1cc(F)ccc1F)c1ccc(C(F)F)cc1. The molecule has 0 aliphatic rings. The van der Waals surface area contributed by atoms with Crippen LogP contribution in [0, 0.1) is 11.6 Å². The summed E-state index contributed by atoms with van der Waals surface area (Å²) in [7, 11) is 0. The van der Waals surface area contributed by atoms with Gasteiger partial charge in [-0.25, -0.2) is 17.6 Å². The monoisotopic (exact) mass is 284 g/mol. The average molecular weight is 284 g/mol. The lowest BCUT2D eigenvalue weighted by Gasteiger charge is -2.12. The van der Waals surface area contributed by atoms with Crippen molar-refractivity contribution in [2.45, 2.75) is 19.0 Å². The molecule has 2 aromatic carbocycles. The van der Waals surface area contributed by atoms with Crippen molar-refractivity contribution in [2.75, 3.05) is 0 Å². The van der Waals surface area contributed by atoms with Crippen LogP contribution in [0.4, 0.5) is 17.6 Å². The zero-order valence-corrected chi connectivity index (χ0v) is 10.4. The maximum atomic E-state index is 13.4. The Hall–Kier alpha value is -1.88. The highest BCUT2D eigenvalue weighted by Crippen LogP contribution is 2.24. The molecule has 2 aromatic rings. The summed E-state index contributed by atoms with van der Waals surface area (Å²) in [6, 6.07) is 8.08. The van der Waals surface area contributed by atoms with Gasteiger partial charge in [-0.2, -0.15) is 0 Å². The van der Waals surface area contributed by atoms with Crippen molar-refractivity contribution >= 4 is 0 Å². The minimum Gasteiger partial charge on any atom is -0.388 e. The number of hydrogen-bond acceptors (Lipinski definition) is 1. The lowest BCUT2D eigenvalue weighted by molar-refractivity contribution is 0.151. The highest BCUT2D eigenvalue weighted by molar-refractivity contribution is 5.27. The Bertz CT molecular complexity index is 581. The third-order valence-electron chi connectivity index (χ3n) is 2.99. The first kappa shape index (κ1) is 14.5. The van der Waals surface area contributed by atoms with Crippen LogP contribution >= 0.6 is 0 Å². The predicted molar refractivity (Wildman–Crippen MR) is 66.4 cm³/mol. The third-order valence-corrected chi connectivity index (χ3v) is 2.99. The predicted octanol–water partition coefficient (Wildman–Crippen LogP) is 4.18. The molecule has 1 nitrogen and oxygen atoms in total. The van der Waals surface area contributed by atoms with Crippen molar-refractivity contribution in [3.8, 4) is 0 Å². The summed E-state index contributed by atoms with van der Waals surface area (Å²) in [6.07, 6.45) is -3.79. The summed E-state index contributed by atoms with van der Waals surface area (Å²) in [5.74, 6) is -1.21. The van der Waals surface area contributed by atoms with E-state index in [1.165, 1.54) is 24.3 Å². The van der Waals surface area contributed by atoms with E-state index in [-0.39, 0.29) is 17.5 Å². The number of rotatable bonds is 4. The molecule has 0 saturated carbocycles. The van der Waals surface area contributed by atoms with Crippen LogP contribution in [0.5, 0.6) is 0 Å². The second-order valence-corrected chi connectivity index (χ2v) is 4.42. The third kappa shape index (κ3) is 3.36. The Morgan fingerprint density at radius 2 is 1.50 bits per heavy atom. The molecule has 0 aliphatic heterocycles. The highest BCUT2D eigenvalue weighted by Gasteiger charge is 2.14. The molecule has 0 aliphatic carbocycles. The molecule has 0 saturated heterocycles. The Balaban J connectivity index is 2.15. The van der Waals surface area contributed by atoms with Crippen LogP contribution in [0.1, 0.15) is 29.2 Å². The molecule has 1 N–H and O–H groups in total. The van der Waals surface area contributed by atoms with Crippen molar-refractivity contribution in [3.05, 3.63) is 70.8 Å². The number of alkyl halides is 2. The van der Waals surface area contributed by atoms with E-state index in [2.05, 4.69) is 0 Å². The Morgan fingerprint density at radius 3 is 2.10 bits per heavy atom. The minimum atomic E-state index is -2.58. The van der Waals surface area contributed by atoms with Crippen LogP contribution in [0.2, 0.25) is 0 Å². The van der Waals surface area contributed by atoms with Gasteiger partial charge in [0.2, 0.25) is 0 Å². The number of hydrogen-bond donors (Lipinski definition) is 1. The number of benzene rings is 2. The van der Waals surface area contributed by atoms with E-state index in [1.54, 1.807) is 0 Å². The second kappa shape index (κ2) is 6.05. The van der Waals surface area contributed by atoms with Gasteiger partial charge in [0.05, 0.1) is 6.10 Å². The molecule has 0 fully saturated rings. The highest BCUT2D eigenvalue weighted by atomic mass is 19.3. The van der Waals surface area contributed by atoms with Crippen LogP contribution < -0.4 is 0 Å². The molecule has 5 heteroatoms. The number of halogens is 4. The summed E-state index contributed by atoms with van der Waals surface area (Å²) in [4.78, 5) is 0. The number of aliphatic hydroxyl groups excluding tert-OH is 1. The molecule has 0 heterocycles. The summed E-state index contributed by atoms with van der Waals surface area (Å²) < 4.78 is 51.2. The molecule has 0 bridgehead atoms. The molecule has 106 valence electrons. The molecule has 2 rings (SSSR count). The summed E-state index contributed by atoms with van der Waals surface area (Å²) in [6.45, 7) is 0. The zero-order valence-electron chi connectivity index (χ0n) is 10.4. The fraction of sp³-hybridized carbons (Fsp3) is 0.200. The first-order valence-electron chi connectivity index (χ1n) is 5.97. The van der Waals surface area contributed by atoms with Crippen LogP contribution in [0.3, 0.4) is 0 Å². The lowest BCUT2D eigenvalue weighted by Crippen LogP contribution is -2.04. The number of aliphatic hydroxyl groups is 1. The largest absolute Gasteiger partial charge is 0.388 e. The van der Waals surface area contributed by atoms with E-state index < -0.39 is 24.2 Å². The van der Waals surface area contributed by atoms with E-state index >= 15 is 0 Å². The summed E-state index contributed by atoms with van der Waals surface area (Å²) >= 11 is 0. The topological polar surface area (TPSA) is 20.2 Å². The first-order chi connectivity index (χ1) is 9.47. The summed E-state index contributed by atoms with van der Waals surface area (Å²) in [5.41, 5.74) is 0.256. The van der Waals surface area contributed by atoms with Crippen LogP contribution in [-0.2, 0) is 6.42 Å². The molecule has 1 atom stereocenters. The van der Waals surface area contributed by atoms with Crippen molar-refractivity contribution in [1.82, 2.24) is 0 Å². The van der Waals surface area contributed by atoms with Gasteiger partial charge in [-0.15, -0.1) is 0 Å². The maximum Gasteiger partial charge on any atom is 0.263 e. The van der Waals surface area contributed by atoms with Crippen LogP contribution in [0.15, 0.2) is 42.5 Å². The van der Waals surface area contributed by atoms with E-state index in [0.29, 0.717) is 5.56 Å². The van der Waals surface area contributed by atoms with Crippen molar-refractivity contribution in [2.24, 2.45) is 0 Å². The minimum absolute atomic E-state index is 0.0374. The van der Waals surface area contributed by atoms with Gasteiger partial charge in [-0.3, -0.25) is 0 Å². The van der Waals surface area contributed by atoms with E-state index in [1.807, 2.05) is 0 Å². The smallest absolute Gasteiger partial charge is 0.263 e. The normalized spacial score (nSPS) is 12.7. The quantitative estimate of drug-likeness (QED) is 0.835. The fourth-order valence-corrected chi connectivity index (χ4v) is 1.89. The second-order valence-electron chi connectivity index (χ2n) is 4.42. The molecule has 0 amide bonds. The van der Waals surface area contributed by atoms with Gasteiger partial charge < -0.3 is 5.11 Å². The molecule has 0 radical (unpaired) electrons. The first-order valence-corrected chi connectivity index (χ1v) is 5.97. The standard InChI is InChI=1S/C15H12F4O/c16-12-5-6-13(17)11(7-12)8-14(20)9-1-3-10(4-2-9)15(18)19/h1-7,14-15,20H,8H2. The molecular formula is C15H12F4O. The molecule has 20 heavy (non-hydrogen) atoms. The Labute approximate surface area is 113 Å². The Morgan fingerprint density at radius 1 is 0.900 bits per heavy atom. The van der Waals surface area contributed by atoms with Crippen LogP contribution in [0.25, 0.3) is 0 Å². The Kier molecular flexibility index (Phi) is 4.39. The van der Waals surface area contributed by atoms with Gasteiger partial charge >= 0.3 is 0 Å². The van der Waals surface area contributed by atoms with Crippen molar-refractivity contribution < 1.29 is 22.7 Å². The van der Waals surface area contributed by atoms with Gasteiger partial charge in [-0.05, 0) is 29.3 Å².